The fourth-order valence-electron chi connectivity index (χ4n) is 3.21. The highest BCUT2D eigenvalue weighted by atomic mass is 35.5. The zero-order valence-corrected chi connectivity index (χ0v) is 17.7. The van der Waals surface area contributed by atoms with Crippen molar-refractivity contribution in [1.29, 1.82) is 0 Å². The Morgan fingerprint density at radius 2 is 1.77 bits per heavy atom. The quantitative estimate of drug-likeness (QED) is 0.391. The maximum Gasteiger partial charge on any atom is 0.255 e. The van der Waals surface area contributed by atoms with Gasteiger partial charge in [-0.3, -0.25) is 14.8 Å². The predicted molar refractivity (Wildman–Crippen MR) is 123 cm³/mol. The van der Waals surface area contributed by atoms with E-state index in [1.807, 2.05) is 18.2 Å². The monoisotopic (exact) mass is 449 g/mol. The normalized spacial score (nSPS) is 10.6. The van der Waals surface area contributed by atoms with Crippen LogP contribution in [-0.4, -0.2) is 21.0 Å². The lowest BCUT2D eigenvalue weighted by atomic mass is 10.0. The number of nitrogens with one attached hydrogen (secondary N) is 1. The van der Waals surface area contributed by atoms with Gasteiger partial charge in [-0.1, -0.05) is 41.4 Å². The second-order valence-corrected chi connectivity index (χ2v) is 7.76. The van der Waals surface area contributed by atoms with Crippen LogP contribution in [0, 0.1) is 0 Å². The lowest BCUT2D eigenvalue weighted by Crippen LogP contribution is -2.11. The summed E-state index contributed by atoms with van der Waals surface area (Å²) < 4.78 is 0. The molecule has 0 aliphatic rings. The number of carbonyl (C=O) groups excluding carboxylic acids is 1. The standard InChI is InChI=1S/C24H17Cl2N3O2/c25-18-10-17(11-19(26)13-18)24(31)29-20-5-1-4-16(12-20)21-6-8-28-22(23(21)30)9-15-3-2-7-27-14-15/h1-8,10-14,30H,9H2,(H,29,31). The molecule has 0 spiro atoms. The van der Waals surface area contributed by atoms with Crippen molar-refractivity contribution in [3.63, 3.8) is 0 Å². The zero-order chi connectivity index (χ0) is 21.8. The third-order valence-electron chi connectivity index (χ3n) is 4.65. The van der Waals surface area contributed by atoms with Gasteiger partial charge in [0.05, 0.1) is 5.69 Å². The number of halogens is 2. The van der Waals surface area contributed by atoms with Crippen molar-refractivity contribution >= 4 is 34.8 Å². The summed E-state index contributed by atoms with van der Waals surface area (Å²) in [5.74, 6) is -0.241. The second kappa shape index (κ2) is 9.16. The summed E-state index contributed by atoms with van der Waals surface area (Å²) in [5.41, 5.74) is 3.79. The van der Waals surface area contributed by atoms with Gasteiger partial charge in [0.15, 0.2) is 0 Å². The highest BCUT2D eigenvalue weighted by molar-refractivity contribution is 6.35. The van der Waals surface area contributed by atoms with Gasteiger partial charge in [-0.25, -0.2) is 0 Å². The van der Waals surface area contributed by atoms with Crippen LogP contribution in [0.4, 0.5) is 5.69 Å². The van der Waals surface area contributed by atoms with E-state index in [1.54, 1.807) is 61.1 Å². The molecule has 4 aromatic rings. The molecule has 1 amide bonds. The van der Waals surface area contributed by atoms with Gasteiger partial charge in [0.1, 0.15) is 5.75 Å². The summed E-state index contributed by atoms with van der Waals surface area (Å²) in [6.45, 7) is 0. The summed E-state index contributed by atoms with van der Waals surface area (Å²) >= 11 is 12.0. The molecule has 7 heteroatoms. The van der Waals surface area contributed by atoms with Gasteiger partial charge in [0, 0.05) is 51.9 Å². The molecule has 31 heavy (non-hydrogen) atoms. The number of rotatable bonds is 5. The SMILES string of the molecule is O=C(Nc1cccc(-c2ccnc(Cc3cccnc3)c2O)c1)c1cc(Cl)cc(Cl)c1. The van der Waals surface area contributed by atoms with Crippen molar-refractivity contribution in [1.82, 2.24) is 9.97 Å². The summed E-state index contributed by atoms with van der Waals surface area (Å²) in [6, 6.07) is 17.4. The highest BCUT2D eigenvalue weighted by Gasteiger charge is 2.13. The van der Waals surface area contributed by atoms with Crippen molar-refractivity contribution in [2.45, 2.75) is 6.42 Å². The molecule has 0 aliphatic carbocycles. The molecule has 0 fully saturated rings. The van der Waals surface area contributed by atoms with Gasteiger partial charge in [0.25, 0.3) is 5.91 Å². The Bertz CT molecular complexity index is 1230. The van der Waals surface area contributed by atoms with Crippen LogP contribution < -0.4 is 5.32 Å². The van der Waals surface area contributed by atoms with E-state index < -0.39 is 0 Å². The first-order chi connectivity index (χ1) is 15.0. The van der Waals surface area contributed by atoms with Crippen molar-refractivity contribution < 1.29 is 9.90 Å². The Morgan fingerprint density at radius 3 is 2.52 bits per heavy atom. The van der Waals surface area contributed by atoms with E-state index in [9.17, 15) is 9.90 Å². The first-order valence-corrected chi connectivity index (χ1v) is 10.2. The lowest BCUT2D eigenvalue weighted by molar-refractivity contribution is 0.102. The number of hydrogen-bond donors (Lipinski definition) is 2. The van der Waals surface area contributed by atoms with Gasteiger partial charge in [-0.05, 0) is 53.6 Å². The fraction of sp³-hybridized carbons (Fsp3) is 0.0417. The Morgan fingerprint density at radius 1 is 0.968 bits per heavy atom. The first kappa shape index (κ1) is 20.8. The molecule has 5 nitrogen and oxygen atoms in total. The van der Waals surface area contributed by atoms with Crippen molar-refractivity contribution in [2.75, 3.05) is 5.32 Å². The molecular formula is C24H17Cl2N3O2. The van der Waals surface area contributed by atoms with E-state index in [4.69, 9.17) is 23.2 Å². The lowest BCUT2D eigenvalue weighted by Gasteiger charge is -2.11. The number of aromatic hydroxyl groups is 1. The van der Waals surface area contributed by atoms with Crippen molar-refractivity contribution in [3.05, 3.63) is 106 Å². The summed E-state index contributed by atoms with van der Waals surface area (Å²) in [5, 5.41) is 14.4. The van der Waals surface area contributed by atoms with Crippen LogP contribution in [-0.2, 0) is 6.42 Å². The number of amides is 1. The van der Waals surface area contributed by atoms with Crippen LogP contribution >= 0.6 is 23.2 Å². The first-order valence-electron chi connectivity index (χ1n) is 9.43. The van der Waals surface area contributed by atoms with E-state index in [-0.39, 0.29) is 11.7 Å². The molecule has 0 saturated heterocycles. The highest BCUT2D eigenvalue weighted by Crippen LogP contribution is 2.33. The van der Waals surface area contributed by atoms with E-state index in [0.29, 0.717) is 39.0 Å². The van der Waals surface area contributed by atoms with Crippen LogP contribution in [0.5, 0.6) is 5.75 Å². The minimum atomic E-state index is -0.335. The van der Waals surface area contributed by atoms with Gasteiger partial charge >= 0.3 is 0 Å². The molecule has 2 heterocycles. The Balaban J connectivity index is 1.59. The largest absolute Gasteiger partial charge is 0.505 e. The summed E-state index contributed by atoms with van der Waals surface area (Å²) in [7, 11) is 0. The zero-order valence-electron chi connectivity index (χ0n) is 16.2. The predicted octanol–water partition coefficient (Wildman–Crippen LogP) is 6.00. The second-order valence-electron chi connectivity index (χ2n) is 6.88. The Labute approximate surface area is 189 Å². The number of benzene rings is 2. The van der Waals surface area contributed by atoms with Gasteiger partial charge in [-0.2, -0.15) is 0 Å². The molecule has 0 radical (unpaired) electrons. The summed E-state index contributed by atoms with van der Waals surface area (Å²) in [6.07, 6.45) is 5.55. The smallest absolute Gasteiger partial charge is 0.255 e. The molecule has 2 aromatic carbocycles. The molecular weight excluding hydrogens is 433 g/mol. The minimum absolute atomic E-state index is 0.0939. The maximum atomic E-state index is 12.6. The topological polar surface area (TPSA) is 75.1 Å². The molecule has 2 aromatic heterocycles. The Kier molecular flexibility index (Phi) is 6.16. The molecule has 0 aliphatic heterocycles. The van der Waals surface area contributed by atoms with Crippen molar-refractivity contribution in [3.8, 4) is 16.9 Å². The minimum Gasteiger partial charge on any atom is -0.505 e. The average molecular weight is 450 g/mol. The number of aromatic nitrogens is 2. The van der Waals surface area contributed by atoms with E-state index in [2.05, 4.69) is 15.3 Å². The average Bonchev–Trinajstić information content (AvgIpc) is 2.75. The number of nitrogens with zero attached hydrogens (tertiary/aromatic N) is 2. The van der Waals surface area contributed by atoms with Crippen LogP contribution in [0.15, 0.2) is 79.3 Å². The maximum absolute atomic E-state index is 12.6. The number of anilines is 1. The molecule has 0 unspecified atom stereocenters. The Hall–Kier alpha value is -3.41. The van der Waals surface area contributed by atoms with E-state index in [0.717, 1.165) is 11.1 Å². The summed E-state index contributed by atoms with van der Waals surface area (Å²) in [4.78, 5) is 21.0. The van der Waals surface area contributed by atoms with E-state index in [1.165, 1.54) is 0 Å². The molecule has 0 atom stereocenters. The molecule has 154 valence electrons. The van der Waals surface area contributed by atoms with Crippen LogP contribution in [0.2, 0.25) is 10.0 Å². The molecule has 2 N–H and O–H groups in total. The van der Waals surface area contributed by atoms with Gasteiger partial charge < -0.3 is 10.4 Å². The number of pyridine rings is 2. The van der Waals surface area contributed by atoms with E-state index >= 15 is 0 Å². The van der Waals surface area contributed by atoms with Gasteiger partial charge in [0.2, 0.25) is 0 Å². The fourth-order valence-corrected chi connectivity index (χ4v) is 3.73. The molecule has 4 rings (SSSR count). The molecule has 0 saturated carbocycles. The number of hydrogen-bond acceptors (Lipinski definition) is 4. The van der Waals surface area contributed by atoms with Crippen molar-refractivity contribution in [2.24, 2.45) is 0 Å². The third kappa shape index (κ3) is 5.02. The van der Waals surface area contributed by atoms with Crippen LogP contribution in [0.25, 0.3) is 11.1 Å². The van der Waals surface area contributed by atoms with Gasteiger partial charge in [-0.15, -0.1) is 0 Å². The van der Waals surface area contributed by atoms with Crippen LogP contribution in [0.1, 0.15) is 21.6 Å². The third-order valence-corrected chi connectivity index (χ3v) is 5.09. The molecule has 0 bridgehead atoms. The number of carbonyl (C=O) groups is 1. The van der Waals surface area contributed by atoms with Crippen LogP contribution in [0.3, 0.4) is 0 Å².